The van der Waals surface area contributed by atoms with E-state index in [4.69, 9.17) is 9.84 Å². The molecule has 0 unspecified atom stereocenters. The van der Waals surface area contributed by atoms with E-state index in [0.717, 1.165) is 25.3 Å². The average Bonchev–Trinajstić information content (AvgIpc) is 2.11. The number of hydrogen-bond acceptors (Lipinski definition) is 3. The van der Waals surface area contributed by atoms with Crippen molar-refractivity contribution in [3.05, 3.63) is 11.6 Å². The number of carbonyl (C=O) groups excluding carboxylic acids is 1. The first-order chi connectivity index (χ1) is 6.57. The Kier molecular flexibility index (Phi) is 6.45. The molecule has 0 rings (SSSR count). The topological polar surface area (TPSA) is 63.6 Å². The van der Waals surface area contributed by atoms with Crippen molar-refractivity contribution < 1.29 is 19.4 Å². The Morgan fingerprint density at radius 3 is 2.50 bits per heavy atom. The number of ether oxygens (including phenoxy) is 1. The van der Waals surface area contributed by atoms with E-state index in [1.54, 1.807) is 0 Å². The van der Waals surface area contributed by atoms with E-state index in [2.05, 4.69) is 6.92 Å². The zero-order valence-corrected chi connectivity index (χ0v) is 8.58. The number of hydrogen-bond donors (Lipinski definition) is 1. The largest absolute Gasteiger partial charge is 0.478 e. The van der Waals surface area contributed by atoms with Gasteiger partial charge in [0.15, 0.2) is 0 Å². The predicted molar refractivity (Wildman–Crippen MR) is 51.9 cm³/mol. The van der Waals surface area contributed by atoms with Gasteiger partial charge in [0.05, 0.1) is 6.61 Å². The van der Waals surface area contributed by atoms with E-state index >= 15 is 0 Å². The summed E-state index contributed by atoms with van der Waals surface area (Å²) in [6, 6.07) is 0. The van der Waals surface area contributed by atoms with E-state index in [-0.39, 0.29) is 5.57 Å². The molecule has 0 radical (unpaired) electrons. The Morgan fingerprint density at radius 1 is 1.36 bits per heavy atom. The zero-order valence-electron chi connectivity index (χ0n) is 8.58. The first kappa shape index (κ1) is 12.7. The lowest BCUT2D eigenvalue weighted by Crippen LogP contribution is -2.08. The SMILES string of the molecule is CCCCCOC(=O)/C(C)=C/C(=O)O. The van der Waals surface area contributed by atoms with Gasteiger partial charge < -0.3 is 9.84 Å². The monoisotopic (exact) mass is 200 g/mol. The molecule has 0 aromatic rings. The Morgan fingerprint density at radius 2 is 2.00 bits per heavy atom. The quantitative estimate of drug-likeness (QED) is 0.403. The Labute approximate surface area is 83.6 Å². The van der Waals surface area contributed by atoms with Gasteiger partial charge in [0.1, 0.15) is 0 Å². The lowest BCUT2D eigenvalue weighted by molar-refractivity contribution is -0.140. The molecule has 0 aliphatic rings. The first-order valence-electron chi connectivity index (χ1n) is 4.66. The van der Waals surface area contributed by atoms with Crippen LogP contribution in [-0.2, 0) is 14.3 Å². The van der Waals surface area contributed by atoms with E-state index < -0.39 is 11.9 Å². The van der Waals surface area contributed by atoms with Gasteiger partial charge in [0, 0.05) is 11.6 Å². The Bertz CT molecular complexity index is 230. The summed E-state index contributed by atoms with van der Waals surface area (Å²) in [4.78, 5) is 21.3. The van der Waals surface area contributed by atoms with Crippen LogP contribution in [0, 0.1) is 0 Å². The van der Waals surface area contributed by atoms with Gasteiger partial charge in [-0.05, 0) is 13.3 Å². The van der Waals surface area contributed by atoms with Crippen molar-refractivity contribution in [1.29, 1.82) is 0 Å². The molecule has 0 fully saturated rings. The number of carboxylic acids is 1. The number of carboxylic acid groups (broad SMARTS) is 1. The van der Waals surface area contributed by atoms with Crippen molar-refractivity contribution in [2.75, 3.05) is 6.61 Å². The van der Waals surface area contributed by atoms with Crippen molar-refractivity contribution in [2.45, 2.75) is 33.1 Å². The van der Waals surface area contributed by atoms with Crippen LogP contribution >= 0.6 is 0 Å². The van der Waals surface area contributed by atoms with Crippen molar-refractivity contribution >= 4 is 11.9 Å². The molecule has 0 heterocycles. The van der Waals surface area contributed by atoms with Gasteiger partial charge in [-0.1, -0.05) is 19.8 Å². The Hall–Kier alpha value is -1.32. The van der Waals surface area contributed by atoms with Crippen molar-refractivity contribution in [3.63, 3.8) is 0 Å². The summed E-state index contributed by atoms with van der Waals surface area (Å²) < 4.78 is 4.84. The summed E-state index contributed by atoms with van der Waals surface area (Å²) in [5.74, 6) is -1.68. The fraction of sp³-hybridized carbons (Fsp3) is 0.600. The summed E-state index contributed by atoms with van der Waals surface area (Å²) in [5, 5.41) is 8.36. The second-order valence-electron chi connectivity index (χ2n) is 3.01. The minimum atomic E-state index is -1.13. The second-order valence-corrected chi connectivity index (χ2v) is 3.01. The summed E-state index contributed by atoms with van der Waals surface area (Å²) in [6.07, 6.45) is 3.74. The van der Waals surface area contributed by atoms with Crippen LogP contribution in [0.2, 0.25) is 0 Å². The molecule has 0 aliphatic heterocycles. The van der Waals surface area contributed by atoms with E-state index in [9.17, 15) is 9.59 Å². The predicted octanol–water partition coefficient (Wildman–Crippen LogP) is 1.75. The molecule has 0 bridgehead atoms. The maximum atomic E-state index is 11.1. The van der Waals surface area contributed by atoms with Crippen LogP contribution in [0.4, 0.5) is 0 Å². The van der Waals surface area contributed by atoms with Gasteiger partial charge in [-0.15, -0.1) is 0 Å². The maximum Gasteiger partial charge on any atom is 0.333 e. The number of esters is 1. The third kappa shape index (κ3) is 6.22. The Balaban J connectivity index is 3.79. The van der Waals surface area contributed by atoms with Crippen LogP contribution in [-0.4, -0.2) is 23.7 Å². The molecule has 4 nitrogen and oxygen atoms in total. The molecular weight excluding hydrogens is 184 g/mol. The maximum absolute atomic E-state index is 11.1. The van der Waals surface area contributed by atoms with Crippen molar-refractivity contribution in [1.82, 2.24) is 0 Å². The van der Waals surface area contributed by atoms with Gasteiger partial charge in [0.2, 0.25) is 0 Å². The molecule has 80 valence electrons. The highest BCUT2D eigenvalue weighted by Gasteiger charge is 2.06. The van der Waals surface area contributed by atoms with Crippen LogP contribution in [0.5, 0.6) is 0 Å². The van der Waals surface area contributed by atoms with E-state index in [1.807, 2.05) is 0 Å². The minimum absolute atomic E-state index is 0.119. The summed E-state index contributed by atoms with van der Waals surface area (Å²) >= 11 is 0. The fourth-order valence-corrected chi connectivity index (χ4v) is 0.875. The van der Waals surface area contributed by atoms with Crippen LogP contribution in [0.15, 0.2) is 11.6 Å². The summed E-state index contributed by atoms with van der Waals surface area (Å²) in [7, 11) is 0. The molecule has 0 aliphatic carbocycles. The van der Waals surface area contributed by atoms with Crippen LogP contribution in [0.3, 0.4) is 0 Å². The van der Waals surface area contributed by atoms with Gasteiger partial charge in [-0.2, -0.15) is 0 Å². The third-order valence-corrected chi connectivity index (χ3v) is 1.64. The lowest BCUT2D eigenvalue weighted by Gasteiger charge is -2.03. The number of rotatable bonds is 6. The molecule has 1 N–H and O–H groups in total. The smallest absolute Gasteiger partial charge is 0.333 e. The van der Waals surface area contributed by atoms with Gasteiger partial charge in [-0.3, -0.25) is 0 Å². The minimum Gasteiger partial charge on any atom is -0.478 e. The van der Waals surface area contributed by atoms with Crippen molar-refractivity contribution in [2.24, 2.45) is 0 Å². The zero-order chi connectivity index (χ0) is 11.0. The highest BCUT2D eigenvalue weighted by atomic mass is 16.5. The number of unbranched alkanes of at least 4 members (excludes halogenated alkanes) is 2. The molecule has 0 saturated carbocycles. The molecule has 0 atom stereocenters. The molecule has 0 aromatic carbocycles. The number of aliphatic carboxylic acids is 1. The van der Waals surface area contributed by atoms with Gasteiger partial charge in [0.25, 0.3) is 0 Å². The fourth-order valence-electron chi connectivity index (χ4n) is 0.875. The second kappa shape index (κ2) is 7.12. The lowest BCUT2D eigenvalue weighted by atomic mass is 10.2. The molecule has 4 heteroatoms. The molecule has 0 aromatic heterocycles. The van der Waals surface area contributed by atoms with Gasteiger partial charge >= 0.3 is 11.9 Å². The standard InChI is InChI=1S/C10H16O4/c1-3-4-5-6-14-10(13)8(2)7-9(11)12/h7H,3-6H2,1-2H3,(H,11,12)/b8-7+. The summed E-state index contributed by atoms with van der Waals surface area (Å²) in [6.45, 7) is 3.84. The first-order valence-corrected chi connectivity index (χ1v) is 4.66. The summed E-state index contributed by atoms with van der Waals surface area (Å²) in [5.41, 5.74) is 0.119. The molecule has 14 heavy (non-hydrogen) atoms. The molecular formula is C10H16O4. The molecule has 0 amide bonds. The average molecular weight is 200 g/mol. The number of carbonyl (C=O) groups is 2. The normalized spacial score (nSPS) is 11.1. The molecule has 0 spiro atoms. The molecule has 0 saturated heterocycles. The third-order valence-electron chi connectivity index (χ3n) is 1.64. The van der Waals surface area contributed by atoms with Crippen LogP contribution < -0.4 is 0 Å². The van der Waals surface area contributed by atoms with Gasteiger partial charge in [-0.25, -0.2) is 9.59 Å². The van der Waals surface area contributed by atoms with Crippen molar-refractivity contribution in [3.8, 4) is 0 Å². The van der Waals surface area contributed by atoms with E-state index in [1.165, 1.54) is 6.92 Å². The van der Waals surface area contributed by atoms with Crippen LogP contribution in [0.1, 0.15) is 33.1 Å². The van der Waals surface area contributed by atoms with Crippen LogP contribution in [0.25, 0.3) is 0 Å². The highest BCUT2D eigenvalue weighted by Crippen LogP contribution is 1.99. The highest BCUT2D eigenvalue weighted by molar-refractivity contribution is 5.95. The van der Waals surface area contributed by atoms with E-state index in [0.29, 0.717) is 6.61 Å².